The Bertz CT molecular complexity index is 752. The largest absolute Gasteiger partial charge is 0.507 e. The Hall–Kier alpha value is -2.13. The second kappa shape index (κ2) is 14.0. The third kappa shape index (κ3) is 7.60. The van der Waals surface area contributed by atoms with Gasteiger partial charge < -0.3 is 10.2 Å². The molecule has 0 fully saturated rings. The first-order chi connectivity index (χ1) is 14.7. The first-order valence-corrected chi connectivity index (χ1v) is 11.7. The number of carbonyl (C=O) groups excluding carboxylic acids is 1. The van der Waals surface area contributed by atoms with E-state index in [4.69, 9.17) is 0 Å². The van der Waals surface area contributed by atoms with Gasteiger partial charge in [-0.05, 0) is 30.9 Å². The van der Waals surface area contributed by atoms with E-state index in [1.807, 2.05) is 24.3 Å². The van der Waals surface area contributed by atoms with E-state index in [0.29, 0.717) is 17.5 Å². The molecule has 2 aromatic carbocycles. The van der Waals surface area contributed by atoms with Crippen LogP contribution < -0.4 is 0 Å². The van der Waals surface area contributed by atoms with Crippen molar-refractivity contribution in [3.05, 3.63) is 64.7 Å². The standard InChI is InChI=1S/C27H38O3/c1-2-3-4-5-6-7-8-9-10-12-15-22-18-19-25(27(30)24(22)20-21-28)26(29)23-16-13-11-14-17-23/h11,13-14,16-19,28,30H,2-10,12,15,20-21H2,1H3. The Morgan fingerprint density at radius 2 is 1.37 bits per heavy atom. The number of carbonyl (C=O) groups is 1. The molecule has 0 bridgehead atoms. The van der Waals surface area contributed by atoms with Gasteiger partial charge in [0.15, 0.2) is 5.78 Å². The minimum Gasteiger partial charge on any atom is -0.507 e. The molecular formula is C27H38O3. The Balaban J connectivity index is 1.87. The molecule has 0 aliphatic rings. The normalized spacial score (nSPS) is 11.0. The van der Waals surface area contributed by atoms with Crippen molar-refractivity contribution in [3.8, 4) is 5.75 Å². The van der Waals surface area contributed by atoms with Crippen LogP contribution in [-0.2, 0) is 12.8 Å². The highest BCUT2D eigenvalue weighted by molar-refractivity contribution is 6.10. The van der Waals surface area contributed by atoms with E-state index in [1.165, 1.54) is 57.8 Å². The summed E-state index contributed by atoms with van der Waals surface area (Å²) >= 11 is 0. The molecular weight excluding hydrogens is 372 g/mol. The highest BCUT2D eigenvalue weighted by Gasteiger charge is 2.18. The van der Waals surface area contributed by atoms with Gasteiger partial charge in [-0.3, -0.25) is 4.79 Å². The molecule has 0 aliphatic heterocycles. The van der Waals surface area contributed by atoms with Gasteiger partial charge >= 0.3 is 0 Å². The van der Waals surface area contributed by atoms with Crippen molar-refractivity contribution in [3.63, 3.8) is 0 Å². The molecule has 0 spiro atoms. The Labute approximate surface area is 182 Å². The van der Waals surface area contributed by atoms with Gasteiger partial charge in [-0.25, -0.2) is 0 Å². The van der Waals surface area contributed by atoms with E-state index in [2.05, 4.69) is 6.92 Å². The van der Waals surface area contributed by atoms with Gasteiger partial charge in [-0.1, -0.05) is 101 Å². The van der Waals surface area contributed by atoms with Crippen LogP contribution >= 0.6 is 0 Å². The second-order valence-corrected chi connectivity index (χ2v) is 8.20. The second-order valence-electron chi connectivity index (χ2n) is 8.20. The van der Waals surface area contributed by atoms with Crippen LogP contribution in [0.3, 0.4) is 0 Å². The van der Waals surface area contributed by atoms with E-state index < -0.39 is 0 Å². The van der Waals surface area contributed by atoms with Gasteiger partial charge in [0.25, 0.3) is 0 Å². The Kier molecular flexibility index (Phi) is 11.2. The van der Waals surface area contributed by atoms with Gasteiger partial charge in [0, 0.05) is 17.7 Å². The maximum atomic E-state index is 12.8. The number of aromatic hydroxyl groups is 1. The molecule has 30 heavy (non-hydrogen) atoms. The van der Waals surface area contributed by atoms with E-state index >= 15 is 0 Å². The predicted octanol–water partition coefficient (Wildman–Crippen LogP) is 6.62. The molecule has 0 saturated carbocycles. The minimum atomic E-state index is -0.183. The number of aliphatic hydroxyl groups excluding tert-OH is 1. The zero-order valence-corrected chi connectivity index (χ0v) is 18.5. The third-order valence-corrected chi connectivity index (χ3v) is 5.82. The number of hydrogen-bond donors (Lipinski definition) is 2. The highest BCUT2D eigenvalue weighted by Crippen LogP contribution is 2.30. The van der Waals surface area contributed by atoms with Crippen molar-refractivity contribution in [2.24, 2.45) is 0 Å². The first-order valence-electron chi connectivity index (χ1n) is 11.7. The summed E-state index contributed by atoms with van der Waals surface area (Å²) in [7, 11) is 0. The van der Waals surface area contributed by atoms with Crippen molar-refractivity contribution in [1.82, 2.24) is 0 Å². The van der Waals surface area contributed by atoms with Crippen LogP contribution in [0.25, 0.3) is 0 Å². The van der Waals surface area contributed by atoms with Gasteiger partial charge in [-0.15, -0.1) is 0 Å². The monoisotopic (exact) mass is 410 g/mol. The maximum absolute atomic E-state index is 12.8. The number of phenolic OH excluding ortho intramolecular Hbond substituents is 1. The smallest absolute Gasteiger partial charge is 0.196 e. The number of unbranched alkanes of at least 4 members (excludes halogenated alkanes) is 9. The van der Waals surface area contributed by atoms with Crippen LogP contribution in [0.15, 0.2) is 42.5 Å². The molecule has 2 N–H and O–H groups in total. The molecule has 0 unspecified atom stereocenters. The lowest BCUT2D eigenvalue weighted by molar-refractivity contribution is 0.103. The van der Waals surface area contributed by atoms with Gasteiger partial charge in [0.2, 0.25) is 0 Å². The SMILES string of the molecule is CCCCCCCCCCCCc1ccc(C(=O)c2ccccc2)c(O)c1CCO. The van der Waals surface area contributed by atoms with Gasteiger partial charge in [-0.2, -0.15) is 0 Å². The summed E-state index contributed by atoms with van der Waals surface area (Å²) in [5.41, 5.74) is 2.64. The van der Waals surface area contributed by atoms with Crippen molar-refractivity contribution in [1.29, 1.82) is 0 Å². The lowest BCUT2D eigenvalue weighted by Crippen LogP contribution is -2.06. The maximum Gasteiger partial charge on any atom is 0.196 e. The number of benzene rings is 2. The summed E-state index contributed by atoms with van der Waals surface area (Å²) in [4.78, 5) is 12.8. The molecule has 2 rings (SSSR count). The van der Waals surface area contributed by atoms with Crippen LogP contribution in [0.2, 0.25) is 0 Å². The molecule has 3 nitrogen and oxygen atoms in total. The summed E-state index contributed by atoms with van der Waals surface area (Å²) in [5.74, 6) is -0.153. The van der Waals surface area contributed by atoms with Crippen LogP contribution in [0, 0.1) is 0 Å². The Morgan fingerprint density at radius 1 is 0.767 bits per heavy atom. The zero-order chi connectivity index (χ0) is 21.6. The molecule has 0 amide bonds. The topological polar surface area (TPSA) is 57.5 Å². The molecule has 0 saturated heterocycles. The molecule has 0 heterocycles. The summed E-state index contributed by atoms with van der Waals surface area (Å²) in [6.45, 7) is 2.21. The first kappa shape index (κ1) is 24.1. The van der Waals surface area contributed by atoms with Crippen molar-refractivity contribution < 1.29 is 15.0 Å². The molecule has 0 radical (unpaired) electrons. The third-order valence-electron chi connectivity index (χ3n) is 5.82. The number of ketones is 1. The summed E-state index contributed by atoms with van der Waals surface area (Å²) in [6, 6.07) is 12.7. The quantitative estimate of drug-likeness (QED) is 0.256. The van der Waals surface area contributed by atoms with Crippen LogP contribution in [0.4, 0.5) is 0 Å². The fraction of sp³-hybridized carbons (Fsp3) is 0.519. The van der Waals surface area contributed by atoms with Gasteiger partial charge in [0.05, 0.1) is 5.56 Å². The van der Waals surface area contributed by atoms with Crippen LogP contribution in [0.5, 0.6) is 5.75 Å². The van der Waals surface area contributed by atoms with E-state index in [-0.39, 0.29) is 18.1 Å². The van der Waals surface area contributed by atoms with Crippen molar-refractivity contribution >= 4 is 5.78 Å². The lowest BCUT2D eigenvalue weighted by atomic mass is 9.92. The van der Waals surface area contributed by atoms with Crippen LogP contribution in [0.1, 0.15) is 98.2 Å². The average Bonchev–Trinajstić information content (AvgIpc) is 2.77. The van der Waals surface area contributed by atoms with E-state index in [9.17, 15) is 15.0 Å². The fourth-order valence-electron chi connectivity index (χ4n) is 4.03. The number of aliphatic hydroxyl groups is 1. The van der Waals surface area contributed by atoms with Crippen molar-refractivity contribution in [2.45, 2.75) is 84.0 Å². The van der Waals surface area contributed by atoms with E-state index in [1.54, 1.807) is 18.2 Å². The lowest BCUT2D eigenvalue weighted by Gasteiger charge is -2.14. The molecule has 0 atom stereocenters. The number of rotatable bonds is 15. The molecule has 3 heteroatoms. The molecule has 2 aromatic rings. The minimum absolute atomic E-state index is 0.0301. The summed E-state index contributed by atoms with van der Waals surface area (Å²) in [6.07, 6.45) is 14.1. The zero-order valence-electron chi connectivity index (χ0n) is 18.5. The average molecular weight is 411 g/mol. The van der Waals surface area contributed by atoms with E-state index in [0.717, 1.165) is 24.0 Å². The fourth-order valence-corrected chi connectivity index (χ4v) is 4.03. The molecule has 0 aromatic heterocycles. The number of hydrogen-bond acceptors (Lipinski definition) is 3. The van der Waals surface area contributed by atoms with Crippen LogP contribution in [-0.4, -0.2) is 22.6 Å². The summed E-state index contributed by atoms with van der Waals surface area (Å²) in [5, 5.41) is 20.2. The highest BCUT2D eigenvalue weighted by atomic mass is 16.3. The van der Waals surface area contributed by atoms with Crippen molar-refractivity contribution in [2.75, 3.05) is 6.61 Å². The number of phenols is 1. The van der Waals surface area contributed by atoms with Gasteiger partial charge in [0.1, 0.15) is 5.75 Å². The number of aryl methyl sites for hydroxylation is 1. The molecule has 0 aliphatic carbocycles. The molecule has 164 valence electrons. The predicted molar refractivity (Wildman–Crippen MR) is 124 cm³/mol. The Morgan fingerprint density at radius 3 is 1.97 bits per heavy atom. The summed E-state index contributed by atoms with van der Waals surface area (Å²) < 4.78 is 0.